The van der Waals surface area contributed by atoms with Gasteiger partial charge < -0.3 is 9.80 Å². The van der Waals surface area contributed by atoms with E-state index in [4.69, 9.17) is 12.2 Å². The Balaban J connectivity index is 1.79. The quantitative estimate of drug-likeness (QED) is 0.379. The van der Waals surface area contributed by atoms with Crippen LogP contribution in [-0.4, -0.2) is 52.4 Å². The van der Waals surface area contributed by atoms with Crippen LogP contribution in [0.4, 0.5) is 15.9 Å². The molecule has 2 saturated heterocycles. The average molecular weight is 540 g/mol. The van der Waals surface area contributed by atoms with Crippen molar-refractivity contribution in [2.75, 3.05) is 42.5 Å². The van der Waals surface area contributed by atoms with Gasteiger partial charge in [0.25, 0.3) is 11.5 Å². The summed E-state index contributed by atoms with van der Waals surface area (Å²) >= 11 is 6.65. The van der Waals surface area contributed by atoms with E-state index in [1.54, 1.807) is 34.6 Å². The van der Waals surface area contributed by atoms with Gasteiger partial charge in [0.2, 0.25) is 0 Å². The molecule has 0 bridgehead atoms. The predicted molar refractivity (Wildman–Crippen MR) is 151 cm³/mol. The molecular weight excluding hydrogens is 509 g/mol. The van der Waals surface area contributed by atoms with E-state index in [1.165, 1.54) is 23.9 Å². The summed E-state index contributed by atoms with van der Waals surface area (Å²) in [6, 6.07) is 8.56. The number of carbonyl (C=O) groups is 1. The molecule has 1 amide bonds. The van der Waals surface area contributed by atoms with Crippen LogP contribution in [-0.2, 0) is 11.3 Å². The molecule has 194 valence electrons. The zero-order valence-electron chi connectivity index (χ0n) is 21.3. The Morgan fingerprint density at radius 1 is 1.11 bits per heavy atom. The smallest absolute Gasteiger partial charge is 0.270 e. The number of pyridine rings is 1. The molecule has 0 N–H and O–H groups in total. The summed E-state index contributed by atoms with van der Waals surface area (Å²) in [4.78, 5) is 32.9. The highest BCUT2D eigenvalue weighted by Gasteiger charge is 2.32. The molecule has 3 heterocycles. The molecule has 37 heavy (non-hydrogen) atoms. The van der Waals surface area contributed by atoms with E-state index in [0.717, 1.165) is 24.3 Å². The van der Waals surface area contributed by atoms with E-state index < -0.39 is 0 Å². The fourth-order valence-electron chi connectivity index (χ4n) is 4.74. The molecule has 0 aliphatic carbocycles. The third-order valence-electron chi connectivity index (χ3n) is 6.82. The molecule has 1 aromatic carbocycles. The number of hydrogen-bond acceptors (Lipinski definition) is 7. The Labute approximate surface area is 226 Å². The van der Waals surface area contributed by atoms with Crippen LogP contribution in [0.3, 0.4) is 0 Å². The van der Waals surface area contributed by atoms with Crippen LogP contribution < -0.4 is 15.4 Å². The number of aromatic nitrogens is 1. The van der Waals surface area contributed by atoms with Crippen LogP contribution in [0.15, 0.2) is 34.0 Å². The molecule has 0 saturated carbocycles. The predicted octanol–water partition coefficient (Wildman–Crippen LogP) is 4.52. The number of hydrogen-bond donors (Lipinski definition) is 0. The maximum absolute atomic E-state index is 13.5. The Hall–Kier alpha value is -3.16. The zero-order valence-corrected chi connectivity index (χ0v) is 22.9. The van der Waals surface area contributed by atoms with Crippen molar-refractivity contribution < 1.29 is 9.18 Å². The van der Waals surface area contributed by atoms with Crippen molar-refractivity contribution >= 4 is 51.8 Å². The molecule has 2 fully saturated rings. The molecule has 0 unspecified atom stereocenters. The summed E-state index contributed by atoms with van der Waals surface area (Å²) < 4.78 is 15.6. The Morgan fingerprint density at radius 2 is 1.76 bits per heavy atom. The standard InChI is InChI=1S/C27H30FN5O2S2/c1-4-6-11-33-24(31-14-12-30(13-15-31)20-9-7-19(28)8-10-20)21(18(3)22(17-29)25(33)34)16-23-26(35)32(5-2)27(36)37-23/h7-10,16H,4-6,11-15H2,1-3H3/b23-16+. The maximum atomic E-state index is 13.5. The number of carbonyl (C=O) groups excluding carboxylic acids is 1. The van der Waals surface area contributed by atoms with Gasteiger partial charge in [-0.3, -0.25) is 19.1 Å². The molecular formula is C27H30FN5O2S2. The number of rotatable bonds is 7. The van der Waals surface area contributed by atoms with Gasteiger partial charge in [0.15, 0.2) is 0 Å². The lowest BCUT2D eigenvalue weighted by molar-refractivity contribution is -0.121. The second-order valence-electron chi connectivity index (χ2n) is 9.04. The third kappa shape index (κ3) is 5.29. The number of likely N-dealkylation sites (N-methyl/N-ethyl adjacent to an activating group) is 1. The van der Waals surface area contributed by atoms with Crippen molar-refractivity contribution in [3.63, 3.8) is 0 Å². The first kappa shape index (κ1) is 26.9. The van der Waals surface area contributed by atoms with E-state index in [2.05, 4.69) is 22.8 Å². The maximum Gasteiger partial charge on any atom is 0.270 e. The number of amides is 1. The first-order valence-corrected chi connectivity index (χ1v) is 13.7. The molecule has 0 spiro atoms. The lowest BCUT2D eigenvalue weighted by atomic mass is 10.0. The SMILES string of the molecule is CCCCn1c(N2CCN(c3ccc(F)cc3)CC2)c(/C=C2/SC(=S)N(CC)C2=O)c(C)c(C#N)c1=O. The number of piperazine rings is 1. The monoisotopic (exact) mass is 539 g/mol. The van der Waals surface area contributed by atoms with Crippen molar-refractivity contribution in [3.8, 4) is 6.07 Å². The summed E-state index contributed by atoms with van der Waals surface area (Å²) in [6.07, 6.45) is 3.48. The van der Waals surface area contributed by atoms with Gasteiger partial charge in [-0.15, -0.1) is 0 Å². The number of thiocarbonyl (C=S) groups is 1. The first-order chi connectivity index (χ1) is 17.8. The summed E-state index contributed by atoms with van der Waals surface area (Å²) in [7, 11) is 0. The van der Waals surface area contributed by atoms with Crippen molar-refractivity contribution in [2.24, 2.45) is 0 Å². The van der Waals surface area contributed by atoms with Gasteiger partial charge in [-0.25, -0.2) is 4.39 Å². The van der Waals surface area contributed by atoms with Gasteiger partial charge >= 0.3 is 0 Å². The van der Waals surface area contributed by atoms with Gasteiger partial charge in [0.05, 0.1) is 4.91 Å². The summed E-state index contributed by atoms with van der Waals surface area (Å²) in [5.41, 5.74) is 2.02. The van der Waals surface area contributed by atoms with Crippen molar-refractivity contribution in [1.82, 2.24) is 9.47 Å². The number of thioether (sulfide) groups is 1. The molecule has 2 aliphatic heterocycles. The van der Waals surface area contributed by atoms with Gasteiger partial charge in [-0.05, 0) is 56.2 Å². The van der Waals surface area contributed by atoms with E-state index >= 15 is 0 Å². The normalized spacial score (nSPS) is 17.2. The number of nitrogens with zero attached hydrogens (tertiary/aromatic N) is 5. The van der Waals surface area contributed by atoms with Crippen LogP contribution in [0.5, 0.6) is 0 Å². The van der Waals surface area contributed by atoms with Crippen molar-refractivity contribution in [1.29, 1.82) is 5.26 Å². The minimum Gasteiger partial charge on any atom is -0.368 e. The number of unbranched alkanes of at least 4 members (excludes halogenated alkanes) is 1. The Kier molecular flexibility index (Phi) is 8.35. The van der Waals surface area contributed by atoms with E-state index in [1.807, 2.05) is 6.92 Å². The van der Waals surface area contributed by atoms with Gasteiger partial charge in [-0.2, -0.15) is 5.26 Å². The van der Waals surface area contributed by atoms with Crippen LogP contribution in [0.25, 0.3) is 6.08 Å². The minimum absolute atomic E-state index is 0.0991. The molecule has 2 aliphatic rings. The fourth-order valence-corrected chi connectivity index (χ4v) is 6.11. The highest BCUT2D eigenvalue weighted by molar-refractivity contribution is 8.26. The number of anilines is 2. The number of benzene rings is 1. The largest absolute Gasteiger partial charge is 0.368 e. The van der Waals surface area contributed by atoms with Crippen LogP contribution in [0.2, 0.25) is 0 Å². The van der Waals surface area contributed by atoms with E-state index in [9.17, 15) is 19.2 Å². The minimum atomic E-state index is -0.303. The molecule has 0 radical (unpaired) electrons. The molecule has 7 nitrogen and oxygen atoms in total. The van der Waals surface area contributed by atoms with E-state index in [0.29, 0.717) is 59.6 Å². The highest BCUT2D eigenvalue weighted by atomic mass is 32.2. The van der Waals surface area contributed by atoms with Crippen LogP contribution in [0, 0.1) is 24.1 Å². The van der Waals surface area contributed by atoms with Gasteiger partial charge in [-0.1, -0.05) is 37.3 Å². The van der Waals surface area contributed by atoms with Crippen LogP contribution in [0.1, 0.15) is 43.4 Å². The first-order valence-electron chi connectivity index (χ1n) is 12.5. The topological polar surface area (TPSA) is 72.6 Å². The van der Waals surface area contributed by atoms with E-state index in [-0.39, 0.29) is 22.8 Å². The van der Waals surface area contributed by atoms with Gasteiger partial charge in [0, 0.05) is 50.5 Å². The summed E-state index contributed by atoms with van der Waals surface area (Å²) in [6.45, 7) is 9.30. The molecule has 10 heteroatoms. The summed E-state index contributed by atoms with van der Waals surface area (Å²) in [5, 5.41) is 9.86. The molecule has 0 atom stereocenters. The average Bonchev–Trinajstić information content (AvgIpc) is 3.17. The molecule has 4 rings (SSSR count). The lowest BCUT2D eigenvalue weighted by Gasteiger charge is -2.39. The van der Waals surface area contributed by atoms with Crippen LogP contribution >= 0.6 is 24.0 Å². The second kappa shape index (κ2) is 11.5. The van der Waals surface area contributed by atoms with Crippen molar-refractivity contribution in [3.05, 3.63) is 62.0 Å². The Morgan fingerprint density at radius 3 is 2.32 bits per heavy atom. The number of halogens is 1. The zero-order chi connectivity index (χ0) is 26.7. The molecule has 1 aromatic heterocycles. The lowest BCUT2D eigenvalue weighted by Crippen LogP contribution is -2.48. The summed E-state index contributed by atoms with van der Waals surface area (Å²) in [5.74, 6) is 0.304. The third-order valence-corrected chi connectivity index (χ3v) is 8.20. The van der Waals surface area contributed by atoms with Gasteiger partial charge in [0.1, 0.15) is 27.6 Å². The number of nitriles is 1. The Bertz CT molecular complexity index is 1340. The van der Waals surface area contributed by atoms with Crippen molar-refractivity contribution in [2.45, 2.75) is 40.2 Å². The fraction of sp³-hybridized carbons (Fsp3) is 0.407. The molecule has 2 aromatic rings. The second-order valence-corrected chi connectivity index (χ2v) is 10.7. The highest BCUT2D eigenvalue weighted by Crippen LogP contribution is 2.36.